The Labute approximate surface area is 291 Å². The van der Waals surface area contributed by atoms with E-state index in [2.05, 4.69) is 75.6 Å². The molecule has 46 heavy (non-hydrogen) atoms. The summed E-state index contributed by atoms with van der Waals surface area (Å²) in [5.74, 6) is 2.85. The Kier molecular flexibility index (Phi) is 15.0. The van der Waals surface area contributed by atoms with E-state index in [1.165, 1.54) is 73.6 Å². The van der Waals surface area contributed by atoms with Gasteiger partial charge in [-0.05, 0) is 189 Å². The minimum absolute atomic E-state index is 0.328. The van der Waals surface area contributed by atoms with Crippen LogP contribution in [0.1, 0.15) is 139 Å². The van der Waals surface area contributed by atoms with Crippen LogP contribution in [0.25, 0.3) is 0 Å². The van der Waals surface area contributed by atoms with E-state index in [9.17, 15) is 4.79 Å². The fourth-order valence-electron chi connectivity index (χ4n) is 8.83. The molecule has 2 aliphatic rings. The number of halogens is 2. The summed E-state index contributed by atoms with van der Waals surface area (Å²) in [5, 5.41) is 1.64. The minimum atomic E-state index is 0.328. The Balaban J connectivity index is 1.12. The minimum Gasteiger partial charge on any atom is -0.299 e. The van der Waals surface area contributed by atoms with Crippen LogP contribution in [0.5, 0.6) is 0 Å². The number of hydrogen-bond acceptors (Lipinski definition) is 3. The van der Waals surface area contributed by atoms with E-state index < -0.39 is 0 Å². The fourth-order valence-corrected chi connectivity index (χ4v) is 9.28. The van der Waals surface area contributed by atoms with Crippen molar-refractivity contribution < 1.29 is 4.79 Å². The van der Waals surface area contributed by atoms with E-state index in [-0.39, 0.29) is 0 Å². The van der Waals surface area contributed by atoms with Crippen LogP contribution in [0.2, 0.25) is 10.0 Å². The highest BCUT2D eigenvalue weighted by Crippen LogP contribution is 2.39. The zero-order valence-electron chi connectivity index (χ0n) is 29.8. The van der Waals surface area contributed by atoms with Crippen molar-refractivity contribution in [2.45, 2.75) is 131 Å². The lowest BCUT2D eigenvalue weighted by Gasteiger charge is -2.34. The highest BCUT2D eigenvalue weighted by atomic mass is 35.5. The van der Waals surface area contributed by atoms with Crippen LogP contribution < -0.4 is 0 Å². The number of ketones is 1. The smallest absolute Gasteiger partial charge is 0.139 e. The first kappa shape index (κ1) is 37.4. The molecule has 3 nitrogen and oxygen atoms in total. The molecule has 4 rings (SSSR count). The SMILES string of the molecule is CCN(CCCC1CCC(C(=O)C2CCC(CCCN(CC)C(C)c3ccc(Cl)cc3C)CC2)CC1)C(C)c1ccc(Cl)cc1C. The van der Waals surface area contributed by atoms with Gasteiger partial charge >= 0.3 is 0 Å². The lowest BCUT2D eigenvalue weighted by Crippen LogP contribution is -2.31. The Bertz CT molecular complexity index is 1140. The zero-order valence-corrected chi connectivity index (χ0v) is 31.3. The summed E-state index contributed by atoms with van der Waals surface area (Å²) in [6.07, 6.45) is 14.5. The standard InChI is InChI=1S/C41H62Cl2N2O/c1-7-44(31(5)39-23-21-37(42)27-29(39)3)25-9-11-33-13-17-35(18-14-33)41(46)36-19-15-34(16-20-36)12-10-26-45(8-2)32(6)40-24-22-38(43)28-30(40)4/h21-24,27-28,31-36H,7-20,25-26H2,1-6H3. The molecule has 0 amide bonds. The van der Waals surface area contributed by atoms with Gasteiger partial charge in [0.05, 0.1) is 0 Å². The molecular weight excluding hydrogens is 607 g/mol. The molecule has 2 saturated carbocycles. The molecule has 2 aromatic rings. The largest absolute Gasteiger partial charge is 0.299 e. The summed E-state index contributed by atoms with van der Waals surface area (Å²) in [6, 6.07) is 13.4. The molecule has 2 aliphatic carbocycles. The third kappa shape index (κ3) is 10.3. The average molecular weight is 670 g/mol. The van der Waals surface area contributed by atoms with Gasteiger partial charge in [-0.25, -0.2) is 0 Å². The molecule has 0 radical (unpaired) electrons. The first-order valence-corrected chi connectivity index (χ1v) is 19.4. The van der Waals surface area contributed by atoms with Crippen molar-refractivity contribution in [2.24, 2.45) is 23.7 Å². The second-order valence-electron chi connectivity index (χ2n) is 14.7. The molecule has 2 atom stereocenters. The molecular formula is C41H62Cl2N2O. The van der Waals surface area contributed by atoms with Gasteiger partial charge < -0.3 is 0 Å². The Hall–Kier alpha value is -1.39. The number of benzene rings is 2. The maximum Gasteiger partial charge on any atom is 0.139 e. The lowest BCUT2D eigenvalue weighted by atomic mass is 9.71. The highest BCUT2D eigenvalue weighted by molar-refractivity contribution is 6.30. The Morgan fingerprint density at radius 1 is 0.674 bits per heavy atom. The summed E-state index contributed by atoms with van der Waals surface area (Å²) in [5.41, 5.74) is 5.34. The van der Waals surface area contributed by atoms with Crippen LogP contribution in [-0.4, -0.2) is 41.8 Å². The van der Waals surface area contributed by atoms with Gasteiger partial charge in [0.15, 0.2) is 0 Å². The Morgan fingerprint density at radius 2 is 1.04 bits per heavy atom. The molecule has 2 aromatic carbocycles. The highest BCUT2D eigenvalue weighted by Gasteiger charge is 2.33. The first-order valence-electron chi connectivity index (χ1n) is 18.6. The molecule has 0 spiro atoms. The van der Waals surface area contributed by atoms with Crippen LogP contribution in [-0.2, 0) is 4.79 Å². The number of nitrogens with zero attached hydrogens (tertiary/aromatic N) is 2. The van der Waals surface area contributed by atoms with E-state index in [4.69, 9.17) is 23.2 Å². The number of rotatable bonds is 16. The molecule has 0 N–H and O–H groups in total. The van der Waals surface area contributed by atoms with Gasteiger partial charge in [0.25, 0.3) is 0 Å². The summed E-state index contributed by atoms with van der Waals surface area (Å²) in [7, 11) is 0. The van der Waals surface area contributed by atoms with Crippen molar-refractivity contribution >= 4 is 29.0 Å². The summed E-state index contributed by atoms with van der Waals surface area (Å²) >= 11 is 12.4. The third-order valence-corrected chi connectivity index (χ3v) is 12.4. The van der Waals surface area contributed by atoms with Crippen molar-refractivity contribution in [3.05, 3.63) is 68.7 Å². The first-order chi connectivity index (χ1) is 22.1. The normalized spacial score (nSPS) is 23.5. The summed E-state index contributed by atoms with van der Waals surface area (Å²) < 4.78 is 0. The number of Topliss-reactive ketones (excluding diaryl/α,β-unsaturated/α-hetero) is 1. The van der Waals surface area contributed by atoms with Crippen molar-refractivity contribution in [1.29, 1.82) is 0 Å². The number of carbonyl (C=O) groups excluding carboxylic acids is 1. The predicted octanol–water partition coefficient (Wildman–Crippen LogP) is 11.8. The van der Waals surface area contributed by atoms with E-state index >= 15 is 0 Å². The summed E-state index contributed by atoms with van der Waals surface area (Å²) in [6.45, 7) is 18.0. The quantitative estimate of drug-likeness (QED) is 0.178. The predicted molar refractivity (Wildman–Crippen MR) is 198 cm³/mol. The fraction of sp³-hybridized carbons (Fsp3) is 0.683. The van der Waals surface area contributed by atoms with Gasteiger partial charge in [0, 0.05) is 34.0 Å². The van der Waals surface area contributed by atoms with Crippen LogP contribution in [0.4, 0.5) is 0 Å². The number of hydrogen-bond donors (Lipinski definition) is 0. The lowest BCUT2D eigenvalue weighted by molar-refractivity contribution is -0.129. The van der Waals surface area contributed by atoms with Gasteiger partial charge in [-0.2, -0.15) is 0 Å². The van der Waals surface area contributed by atoms with Crippen molar-refractivity contribution in [1.82, 2.24) is 9.80 Å². The molecule has 0 bridgehead atoms. The molecule has 5 heteroatoms. The van der Waals surface area contributed by atoms with Crippen molar-refractivity contribution in [2.75, 3.05) is 26.2 Å². The summed E-state index contributed by atoms with van der Waals surface area (Å²) in [4.78, 5) is 18.7. The average Bonchev–Trinajstić information content (AvgIpc) is 3.05. The molecule has 0 saturated heterocycles. The maximum absolute atomic E-state index is 13.5. The van der Waals surface area contributed by atoms with Crippen molar-refractivity contribution in [3.63, 3.8) is 0 Å². The monoisotopic (exact) mass is 668 g/mol. The Morgan fingerprint density at radius 3 is 1.37 bits per heavy atom. The zero-order chi connectivity index (χ0) is 33.2. The number of carbonyl (C=O) groups is 1. The van der Waals surface area contributed by atoms with E-state index in [1.807, 2.05) is 12.1 Å². The molecule has 0 aliphatic heterocycles. The van der Waals surface area contributed by atoms with E-state index in [0.29, 0.717) is 29.7 Å². The van der Waals surface area contributed by atoms with Crippen LogP contribution >= 0.6 is 23.2 Å². The topological polar surface area (TPSA) is 23.6 Å². The van der Waals surface area contributed by atoms with Gasteiger partial charge in [0.2, 0.25) is 0 Å². The van der Waals surface area contributed by atoms with Gasteiger partial charge in [-0.15, -0.1) is 0 Å². The molecule has 0 heterocycles. The molecule has 2 unspecified atom stereocenters. The maximum atomic E-state index is 13.5. The van der Waals surface area contributed by atoms with Gasteiger partial charge in [-0.3, -0.25) is 14.6 Å². The molecule has 2 fully saturated rings. The second kappa shape index (κ2) is 18.4. The van der Waals surface area contributed by atoms with Gasteiger partial charge in [0.1, 0.15) is 5.78 Å². The van der Waals surface area contributed by atoms with E-state index in [0.717, 1.165) is 73.7 Å². The number of aryl methyl sites for hydroxylation is 2. The van der Waals surface area contributed by atoms with Crippen molar-refractivity contribution in [3.8, 4) is 0 Å². The van der Waals surface area contributed by atoms with E-state index in [1.54, 1.807) is 0 Å². The second-order valence-corrected chi connectivity index (χ2v) is 15.6. The molecule has 256 valence electrons. The molecule has 0 aromatic heterocycles. The van der Waals surface area contributed by atoms with Crippen LogP contribution in [0.15, 0.2) is 36.4 Å². The van der Waals surface area contributed by atoms with Crippen LogP contribution in [0, 0.1) is 37.5 Å². The van der Waals surface area contributed by atoms with Crippen LogP contribution in [0.3, 0.4) is 0 Å². The van der Waals surface area contributed by atoms with Gasteiger partial charge in [-0.1, -0.05) is 49.2 Å². The third-order valence-electron chi connectivity index (χ3n) is 11.9.